The van der Waals surface area contributed by atoms with Gasteiger partial charge in [-0.2, -0.15) is 0 Å². The summed E-state index contributed by atoms with van der Waals surface area (Å²) in [6.45, 7) is 0.251. The Morgan fingerprint density at radius 1 is 1.31 bits per heavy atom. The first kappa shape index (κ1) is 10.2. The second-order valence-electron chi connectivity index (χ2n) is 3.29. The number of nitrogens with one attached hydrogen (secondary N) is 3. The highest BCUT2D eigenvalue weighted by Crippen LogP contribution is 2.09. The molecule has 0 unspecified atom stereocenters. The van der Waals surface area contributed by atoms with Gasteiger partial charge in [0.15, 0.2) is 0 Å². The molecule has 1 aromatic carbocycles. The highest BCUT2D eigenvalue weighted by molar-refractivity contribution is 6.23. The summed E-state index contributed by atoms with van der Waals surface area (Å²) in [5.74, 6) is -0.664. The fourth-order valence-corrected chi connectivity index (χ4v) is 1.42. The molecule has 0 saturated heterocycles. The Bertz CT molecular complexity index is 597. The van der Waals surface area contributed by atoms with E-state index in [0.29, 0.717) is 11.0 Å². The maximum absolute atomic E-state index is 11.0. The Kier molecular flexibility index (Phi) is 2.55. The first-order chi connectivity index (χ1) is 7.69. The summed E-state index contributed by atoms with van der Waals surface area (Å²) >= 11 is 0. The van der Waals surface area contributed by atoms with Crippen LogP contribution in [0.2, 0.25) is 0 Å². The van der Waals surface area contributed by atoms with Crippen molar-refractivity contribution in [1.29, 1.82) is 0 Å². The molecule has 0 radical (unpaired) electrons. The van der Waals surface area contributed by atoms with E-state index in [2.05, 4.69) is 15.3 Å². The average molecular weight is 219 g/mol. The lowest BCUT2D eigenvalue weighted by Gasteiger charge is -2.01. The normalized spacial score (nSPS) is 10.2. The van der Waals surface area contributed by atoms with Gasteiger partial charge in [-0.05, 0) is 17.7 Å². The van der Waals surface area contributed by atoms with E-state index in [9.17, 15) is 14.4 Å². The molecule has 0 aliphatic rings. The Morgan fingerprint density at radius 2 is 2.06 bits per heavy atom. The van der Waals surface area contributed by atoms with Crippen LogP contribution in [0.3, 0.4) is 0 Å². The second-order valence-corrected chi connectivity index (χ2v) is 3.29. The van der Waals surface area contributed by atoms with Crippen LogP contribution in [0.1, 0.15) is 5.56 Å². The summed E-state index contributed by atoms with van der Waals surface area (Å²) in [5, 5.41) is 2.41. The number of rotatable bonds is 3. The van der Waals surface area contributed by atoms with Crippen LogP contribution in [-0.4, -0.2) is 22.2 Å². The van der Waals surface area contributed by atoms with Crippen LogP contribution < -0.4 is 11.0 Å². The molecule has 1 amide bonds. The summed E-state index contributed by atoms with van der Waals surface area (Å²) in [4.78, 5) is 37.0. The topological polar surface area (TPSA) is 94.8 Å². The monoisotopic (exact) mass is 219 g/mol. The van der Waals surface area contributed by atoms with E-state index in [1.807, 2.05) is 0 Å². The van der Waals surface area contributed by atoms with Crippen LogP contribution in [0.4, 0.5) is 0 Å². The van der Waals surface area contributed by atoms with Crippen LogP contribution >= 0.6 is 0 Å². The minimum absolute atomic E-state index is 0.219. The van der Waals surface area contributed by atoms with Gasteiger partial charge in [-0.25, -0.2) is 4.79 Å². The molecule has 0 aliphatic carbocycles. The Balaban J connectivity index is 2.22. The first-order valence-electron chi connectivity index (χ1n) is 4.63. The van der Waals surface area contributed by atoms with E-state index in [-0.39, 0.29) is 18.5 Å². The fourth-order valence-electron chi connectivity index (χ4n) is 1.42. The lowest BCUT2D eigenvalue weighted by Crippen LogP contribution is -2.23. The predicted molar refractivity (Wildman–Crippen MR) is 56.8 cm³/mol. The highest BCUT2D eigenvalue weighted by atomic mass is 16.2. The predicted octanol–water partition coefficient (Wildman–Crippen LogP) is -0.329. The van der Waals surface area contributed by atoms with Gasteiger partial charge in [-0.15, -0.1) is 0 Å². The zero-order chi connectivity index (χ0) is 11.5. The van der Waals surface area contributed by atoms with Gasteiger partial charge in [0.25, 0.3) is 5.91 Å². The molecule has 3 N–H and O–H groups in total. The number of carbonyl (C=O) groups excluding carboxylic acids is 2. The van der Waals surface area contributed by atoms with Crippen molar-refractivity contribution in [3.05, 3.63) is 34.2 Å². The lowest BCUT2D eigenvalue weighted by molar-refractivity contribution is -0.131. The molecule has 0 bridgehead atoms. The Labute approximate surface area is 89.7 Å². The van der Waals surface area contributed by atoms with E-state index in [1.54, 1.807) is 18.2 Å². The molecule has 82 valence electrons. The van der Waals surface area contributed by atoms with Crippen molar-refractivity contribution >= 4 is 23.2 Å². The molecular formula is C10H9N3O3. The summed E-state index contributed by atoms with van der Waals surface area (Å²) < 4.78 is 0. The van der Waals surface area contributed by atoms with Gasteiger partial charge in [0, 0.05) is 6.54 Å². The molecular weight excluding hydrogens is 210 g/mol. The van der Waals surface area contributed by atoms with Crippen molar-refractivity contribution in [2.45, 2.75) is 6.54 Å². The summed E-state index contributed by atoms with van der Waals surface area (Å²) in [6, 6.07) is 5.23. The van der Waals surface area contributed by atoms with Gasteiger partial charge >= 0.3 is 5.69 Å². The Morgan fingerprint density at radius 3 is 2.81 bits per heavy atom. The van der Waals surface area contributed by atoms with Crippen LogP contribution in [0.15, 0.2) is 23.0 Å². The minimum Gasteiger partial charge on any atom is -0.346 e. The van der Waals surface area contributed by atoms with Crippen molar-refractivity contribution in [3.63, 3.8) is 0 Å². The third-order valence-electron chi connectivity index (χ3n) is 2.15. The molecule has 16 heavy (non-hydrogen) atoms. The van der Waals surface area contributed by atoms with Crippen LogP contribution in [0.25, 0.3) is 11.0 Å². The summed E-state index contributed by atoms with van der Waals surface area (Å²) in [5.41, 5.74) is 1.90. The van der Waals surface area contributed by atoms with E-state index in [4.69, 9.17) is 0 Å². The number of benzene rings is 1. The number of hydrogen-bond acceptors (Lipinski definition) is 3. The maximum Gasteiger partial charge on any atom is 0.323 e. The number of amides is 1. The third-order valence-corrected chi connectivity index (χ3v) is 2.15. The number of H-pyrrole nitrogens is 2. The molecule has 0 fully saturated rings. The number of aldehydes is 1. The van der Waals surface area contributed by atoms with Crippen molar-refractivity contribution in [2.75, 3.05) is 0 Å². The van der Waals surface area contributed by atoms with Gasteiger partial charge in [-0.3, -0.25) is 9.59 Å². The maximum atomic E-state index is 11.0. The van der Waals surface area contributed by atoms with Crippen LogP contribution in [0, 0.1) is 0 Å². The molecule has 2 rings (SSSR count). The third kappa shape index (κ3) is 2.00. The van der Waals surface area contributed by atoms with E-state index < -0.39 is 5.91 Å². The van der Waals surface area contributed by atoms with E-state index in [1.165, 1.54) is 0 Å². The van der Waals surface area contributed by atoms with Crippen molar-refractivity contribution in [3.8, 4) is 0 Å². The number of aromatic amines is 2. The number of aromatic nitrogens is 2. The number of fused-ring (bicyclic) bond motifs is 1. The zero-order valence-electron chi connectivity index (χ0n) is 8.24. The van der Waals surface area contributed by atoms with Gasteiger partial charge in [0.2, 0.25) is 6.29 Å². The molecule has 0 saturated carbocycles. The van der Waals surface area contributed by atoms with Crippen molar-refractivity contribution in [1.82, 2.24) is 15.3 Å². The quantitative estimate of drug-likeness (QED) is 0.487. The van der Waals surface area contributed by atoms with E-state index in [0.717, 1.165) is 5.56 Å². The standard InChI is InChI=1S/C10H9N3O3/c14-5-9(15)11-4-6-1-2-7-8(3-6)13-10(16)12-7/h1-3,5H,4H2,(H,11,15)(H2,12,13,16). The number of imidazole rings is 1. The molecule has 6 nitrogen and oxygen atoms in total. The lowest BCUT2D eigenvalue weighted by atomic mass is 10.2. The minimum atomic E-state index is -0.664. The van der Waals surface area contributed by atoms with E-state index >= 15 is 0 Å². The van der Waals surface area contributed by atoms with Gasteiger partial charge < -0.3 is 15.3 Å². The molecule has 2 aromatic rings. The van der Waals surface area contributed by atoms with Crippen molar-refractivity contribution in [2.24, 2.45) is 0 Å². The molecule has 0 aliphatic heterocycles. The largest absolute Gasteiger partial charge is 0.346 e. The van der Waals surface area contributed by atoms with Gasteiger partial charge in [-0.1, -0.05) is 6.07 Å². The second kappa shape index (κ2) is 4.01. The smallest absolute Gasteiger partial charge is 0.323 e. The summed E-state index contributed by atoms with van der Waals surface area (Å²) in [6.07, 6.45) is 0.219. The van der Waals surface area contributed by atoms with Crippen molar-refractivity contribution < 1.29 is 9.59 Å². The fraction of sp³-hybridized carbons (Fsp3) is 0.100. The zero-order valence-corrected chi connectivity index (χ0v) is 8.24. The molecule has 1 heterocycles. The molecule has 0 atom stereocenters. The van der Waals surface area contributed by atoms with Gasteiger partial charge in [0.05, 0.1) is 11.0 Å². The van der Waals surface area contributed by atoms with Gasteiger partial charge in [0.1, 0.15) is 0 Å². The summed E-state index contributed by atoms with van der Waals surface area (Å²) in [7, 11) is 0. The highest BCUT2D eigenvalue weighted by Gasteiger charge is 2.01. The van der Waals surface area contributed by atoms with Crippen LogP contribution in [-0.2, 0) is 16.1 Å². The number of carbonyl (C=O) groups is 2. The van der Waals surface area contributed by atoms with Crippen LogP contribution in [0.5, 0.6) is 0 Å². The molecule has 6 heteroatoms. The molecule has 1 aromatic heterocycles. The average Bonchev–Trinajstić information content (AvgIpc) is 2.65. The molecule has 0 spiro atoms. The first-order valence-corrected chi connectivity index (χ1v) is 4.63. The number of hydrogen-bond donors (Lipinski definition) is 3. The SMILES string of the molecule is O=CC(=O)NCc1ccc2[nH]c(=O)[nH]c2c1. The Hall–Kier alpha value is -2.37.